The first-order chi connectivity index (χ1) is 16.9. The van der Waals surface area contributed by atoms with Crippen LogP contribution in [0.4, 0.5) is 4.39 Å². The van der Waals surface area contributed by atoms with Crippen LogP contribution in [-0.2, 0) is 5.75 Å². The Balaban J connectivity index is 1.81. The monoisotopic (exact) mass is 491 g/mol. The molecule has 0 aliphatic carbocycles. The fourth-order valence-electron chi connectivity index (χ4n) is 3.55. The summed E-state index contributed by atoms with van der Waals surface area (Å²) in [5, 5.41) is 3.71. The summed E-state index contributed by atoms with van der Waals surface area (Å²) in [7, 11) is 1.56. The number of hydrogen-bond donors (Lipinski definition) is 1. The molecule has 0 spiro atoms. The number of nitrogens with one attached hydrogen (secondary N) is 1. The largest absolute Gasteiger partial charge is 0.497 e. The Bertz CT molecular complexity index is 1440. The lowest BCUT2D eigenvalue weighted by molar-refractivity contribution is 0.0949. The molecule has 0 saturated heterocycles. The predicted molar refractivity (Wildman–Crippen MR) is 137 cm³/mol. The first-order valence-electron chi connectivity index (χ1n) is 11.2. The van der Waals surface area contributed by atoms with E-state index < -0.39 is 0 Å². The smallest absolute Gasteiger partial charge is 0.266 e. The van der Waals surface area contributed by atoms with E-state index >= 15 is 0 Å². The Morgan fingerprint density at radius 2 is 1.91 bits per heavy atom. The number of rotatable bonds is 8. The van der Waals surface area contributed by atoms with Crippen molar-refractivity contribution in [1.29, 1.82) is 0 Å². The van der Waals surface area contributed by atoms with Crippen LogP contribution in [0.5, 0.6) is 5.75 Å². The first kappa shape index (κ1) is 24.5. The van der Waals surface area contributed by atoms with Gasteiger partial charge in [0.2, 0.25) is 0 Å². The van der Waals surface area contributed by atoms with Gasteiger partial charge in [0.15, 0.2) is 5.16 Å². The molecule has 4 rings (SSSR count). The van der Waals surface area contributed by atoms with Crippen molar-refractivity contribution < 1.29 is 13.9 Å². The normalized spacial score (nSPS) is 11.1. The third-order valence-electron chi connectivity index (χ3n) is 5.34. The number of fused-ring (bicyclic) bond motifs is 1. The van der Waals surface area contributed by atoms with Crippen molar-refractivity contribution in [3.63, 3.8) is 0 Å². The fourth-order valence-corrected chi connectivity index (χ4v) is 4.51. The van der Waals surface area contributed by atoms with E-state index in [1.54, 1.807) is 55.6 Å². The van der Waals surface area contributed by atoms with Gasteiger partial charge in [-0.05, 0) is 53.9 Å². The van der Waals surface area contributed by atoms with E-state index in [2.05, 4.69) is 5.32 Å². The Labute approximate surface area is 207 Å². The highest BCUT2D eigenvalue weighted by molar-refractivity contribution is 7.98. The SMILES string of the molecule is COc1cccc(-n2c(SCc3cccc(F)c3)nc3cc(C(=O)NCC(C)C)ccc3c2=O)c1. The van der Waals surface area contributed by atoms with Crippen LogP contribution in [0.15, 0.2) is 76.7 Å². The van der Waals surface area contributed by atoms with Gasteiger partial charge in [-0.2, -0.15) is 0 Å². The van der Waals surface area contributed by atoms with E-state index in [4.69, 9.17) is 9.72 Å². The molecule has 1 heterocycles. The van der Waals surface area contributed by atoms with E-state index in [1.807, 2.05) is 19.9 Å². The second-order valence-electron chi connectivity index (χ2n) is 8.49. The molecular formula is C27H26FN3O3S. The second kappa shape index (κ2) is 10.7. The molecule has 4 aromatic rings. The molecule has 0 unspecified atom stereocenters. The Morgan fingerprint density at radius 1 is 1.11 bits per heavy atom. The Kier molecular flexibility index (Phi) is 7.51. The molecule has 0 bridgehead atoms. The maximum absolute atomic E-state index is 13.7. The lowest BCUT2D eigenvalue weighted by Gasteiger charge is -2.15. The van der Waals surface area contributed by atoms with Crippen molar-refractivity contribution in [1.82, 2.24) is 14.9 Å². The highest BCUT2D eigenvalue weighted by atomic mass is 32.2. The molecule has 1 N–H and O–H groups in total. The molecule has 1 amide bonds. The van der Waals surface area contributed by atoms with Crippen molar-refractivity contribution in [2.45, 2.75) is 24.8 Å². The highest BCUT2D eigenvalue weighted by Gasteiger charge is 2.16. The molecule has 0 radical (unpaired) electrons. The van der Waals surface area contributed by atoms with Gasteiger partial charge >= 0.3 is 0 Å². The van der Waals surface area contributed by atoms with Crippen LogP contribution < -0.4 is 15.6 Å². The quantitative estimate of drug-likeness (QED) is 0.271. The van der Waals surface area contributed by atoms with E-state index in [0.29, 0.717) is 51.3 Å². The lowest BCUT2D eigenvalue weighted by Crippen LogP contribution is -2.27. The summed E-state index contributed by atoms with van der Waals surface area (Å²) in [4.78, 5) is 31.0. The average molecular weight is 492 g/mol. The van der Waals surface area contributed by atoms with Crippen molar-refractivity contribution in [3.05, 3.63) is 94.0 Å². The summed E-state index contributed by atoms with van der Waals surface area (Å²) >= 11 is 1.32. The van der Waals surface area contributed by atoms with Crippen LogP contribution in [-0.4, -0.2) is 29.1 Å². The molecule has 6 nitrogen and oxygen atoms in total. The minimum Gasteiger partial charge on any atom is -0.497 e. The standard InChI is InChI=1S/C27H26FN3O3S/c1-17(2)15-29-25(32)19-10-11-23-24(13-19)30-27(35-16-18-6-4-7-20(28)12-18)31(26(23)33)21-8-5-9-22(14-21)34-3/h4-14,17H,15-16H2,1-3H3,(H,29,32). The van der Waals surface area contributed by atoms with Gasteiger partial charge < -0.3 is 10.1 Å². The molecule has 1 aromatic heterocycles. The first-order valence-corrected chi connectivity index (χ1v) is 12.2. The molecular weight excluding hydrogens is 465 g/mol. The molecule has 0 fully saturated rings. The molecule has 8 heteroatoms. The summed E-state index contributed by atoms with van der Waals surface area (Å²) in [5.74, 6) is 0.796. The van der Waals surface area contributed by atoms with Crippen molar-refractivity contribution in [2.24, 2.45) is 5.92 Å². The molecule has 0 saturated carbocycles. The number of benzene rings is 3. The van der Waals surface area contributed by atoms with E-state index in [-0.39, 0.29) is 17.3 Å². The average Bonchev–Trinajstić information content (AvgIpc) is 2.85. The molecule has 0 aliphatic heterocycles. The van der Waals surface area contributed by atoms with Crippen LogP contribution in [0.3, 0.4) is 0 Å². The van der Waals surface area contributed by atoms with E-state index in [0.717, 1.165) is 5.56 Å². The van der Waals surface area contributed by atoms with Gasteiger partial charge in [0, 0.05) is 23.9 Å². The number of thioether (sulfide) groups is 1. The Hall–Kier alpha value is -3.65. The number of ether oxygens (including phenoxy) is 1. The number of carbonyl (C=O) groups excluding carboxylic acids is 1. The summed E-state index contributed by atoms with van der Waals surface area (Å²) in [6.07, 6.45) is 0. The number of aromatic nitrogens is 2. The van der Waals surface area contributed by atoms with Crippen LogP contribution >= 0.6 is 11.8 Å². The Morgan fingerprint density at radius 3 is 2.66 bits per heavy atom. The van der Waals surface area contributed by atoms with Gasteiger partial charge in [-0.1, -0.05) is 43.8 Å². The lowest BCUT2D eigenvalue weighted by atomic mass is 10.1. The number of halogens is 1. The third-order valence-corrected chi connectivity index (χ3v) is 6.35. The number of carbonyl (C=O) groups is 1. The van der Waals surface area contributed by atoms with Crippen LogP contribution in [0.2, 0.25) is 0 Å². The minimum absolute atomic E-state index is 0.215. The molecule has 35 heavy (non-hydrogen) atoms. The summed E-state index contributed by atoms with van der Waals surface area (Å²) in [6.45, 7) is 4.59. The number of hydrogen-bond acceptors (Lipinski definition) is 5. The van der Waals surface area contributed by atoms with Gasteiger partial charge in [0.25, 0.3) is 11.5 Å². The molecule has 0 atom stereocenters. The van der Waals surface area contributed by atoms with Crippen molar-refractivity contribution >= 4 is 28.6 Å². The van der Waals surface area contributed by atoms with Gasteiger partial charge in [0.1, 0.15) is 11.6 Å². The number of methoxy groups -OCH3 is 1. The van der Waals surface area contributed by atoms with Crippen LogP contribution in [0.25, 0.3) is 16.6 Å². The summed E-state index contributed by atoms with van der Waals surface area (Å²) in [5.41, 5.74) is 1.96. The summed E-state index contributed by atoms with van der Waals surface area (Å²) in [6, 6.07) is 18.4. The second-order valence-corrected chi connectivity index (χ2v) is 9.43. The zero-order valence-corrected chi connectivity index (χ0v) is 20.6. The summed E-state index contributed by atoms with van der Waals surface area (Å²) < 4.78 is 20.6. The zero-order valence-electron chi connectivity index (χ0n) is 19.7. The van der Waals surface area contributed by atoms with Gasteiger partial charge in [0.05, 0.1) is 23.7 Å². The number of nitrogens with zero attached hydrogens (tertiary/aromatic N) is 2. The minimum atomic E-state index is -0.322. The van der Waals surface area contributed by atoms with Gasteiger partial charge in [-0.15, -0.1) is 0 Å². The predicted octanol–water partition coefficient (Wildman–Crippen LogP) is 5.21. The van der Waals surface area contributed by atoms with Crippen molar-refractivity contribution in [3.8, 4) is 11.4 Å². The third kappa shape index (κ3) is 5.71. The van der Waals surface area contributed by atoms with Crippen LogP contribution in [0, 0.1) is 11.7 Å². The van der Waals surface area contributed by atoms with Gasteiger partial charge in [-0.25, -0.2) is 9.37 Å². The highest BCUT2D eigenvalue weighted by Crippen LogP contribution is 2.26. The zero-order chi connectivity index (χ0) is 24.9. The van der Waals surface area contributed by atoms with Crippen LogP contribution in [0.1, 0.15) is 29.8 Å². The maximum atomic E-state index is 13.7. The number of amides is 1. The fraction of sp³-hybridized carbons (Fsp3) is 0.222. The van der Waals surface area contributed by atoms with E-state index in [9.17, 15) is 14.0 Å². The molecule has 180 valence electrons. The van der Waals surface area contributed by atoms with Crippen molar-refractivity contribution in [2.75, 3.05) is 13.7 Å². The van der Waals surface area contributed by atoms with E-state index in [1.165, 1.54) is 28.5 Å². The topological polar surface area (TPSA) is 73.2 Å². The van der Waals surface area contributed by atoms with Gasteiger partial charge in [-0.3, -0.25) is 14.2 Å². The molecule has 3 aromatic carbocycles. The molecule has 0 aliphatic rings. The maximum Gasteiger partial charge on any atom is 0.266 e.